The fraction of sp³-hybridized carbons (Fsp3) is 0.348. The first-order chi connectivity index (χ1) is 30.1. The highest BCUT2D eigenvalue weighted by Crippen LogP contribution is 2.35. The van der Waals surface area contributed by atoms with Gasteiger partial charge in [0, 0.05) is 50.8 Å². The summed E-state index contributed by atoms with van der Waals surface area (Å²) in [5.74, 6) is 0.861. The number of hydrogen-bond acceptors (Lipinski definition) is 9. The van der Waals surface area contributed by atoms with Gasteiger partial charge < -0.3 is 49.6 Å². The van der Waals surface area contributed by atoms with Gasteiger partial charge in [-0.1, -0.05) is 66.7 Å². The number of imidazole rings is 2. The standard InChI is InChI=1S/C46H51N9O7/c1-27(60-3)40(53-46(59)61-4)44(57)55-22-8-12-38(55)42-50-26-36(52-42)31-19-15-29(16-20-31)28-13-17-30(18-14-28)35-25-49-41(51-35)37-11-7-21-54(37)43(56)39(62-45(58)47-2)23-32-24-48-34-10-6-5-9-33(32)34/h5-6,9-10,13-20,24-27,37-40,48H,7-8,11-12,21-23H2,1-4H3,(H,47,58)(H,49,51)(H,50,52)(H,53,59)/t27-,37+,38+,39+,40+/m1/s1. The van der Waals surface area contributed by atoms with E-state index in [9.17, 15) is 19.2 Å². The lowest BCUT2D eigenvalue weighted by Crippen LogP contribution is -2.54. The highest BCUT2D eigenvalue weighted by Gasteiger charge is 2.40. The summed E-state index contributed by atoms with van der Waals surface area (Å²) >= 11 is 0. The zero-order valence-electron chi connectivity index (χ0n) is 35.1. The van der Waals surface area contributed by atoms with Crippen molar-refractivity contribution in [1.82, 2.24) is 45.4 Å². The zero-order valence-corrected chi connectivity index (χ0v) is 35.1. The minimum Gasteiger partial charge on any atom is -0.453 e. The van der Waals surface area contributed by atoms with E-state index in [-0.39, 0.29) is 30.3 Å². The van der Waals surface area contributed by atoms with E-state index in [0.717, 1.165) is 75.8 Å². The number of likely N-dealkylation sites (tertiary alicyclic amines) is 2. The fourth-order valence-electron chi connectivity index (χ4n) is 8.55. The van der Waals surface area contributed by atoms with Gasteiger partial charge in [0.05, 0.1) is 49.1 Å². The molecule has 62 heavy (non-hydrogen) atoms. The second-order valence-corrected chi connectivity index (χ2v) is 15.7. The topological polar surface area (TPSA) is 200 Å². The van der Waals surface area contributed by atoms with Crippen LogP contribution in [0, 0.1) is 0 Å². The Labute approximate surface area is 358 Å². The van der Waals surface area contributed by atoms with E-state index in [1.807, 2.05) is 54.7 Å². The van der Waals surface area contributed by atoms with Crippen LogP contribution in [0.15, 0.2) is 91.4 Å². The van der Waals surface area contributed by atoms with Gasteiger partial charge in [0.15, 0.2) is 6.10 Å². The first-order valence-electron chi connectivity index (χ1n) is 20.9. The van der Waals surface area contributed by atoms with Gasteiger partial charge in [-0.05, 0) is 66.5 Å². The van der Waals surface area contributed by atoms with Crippen molar-refractivity contribution >= 4 is 34.9 Å². The van der Waals surface area contributed by atoms with E-state index in [1.54, 1.807) is 29.1 Å². The predicted octanol–water partition coefficient (Wildman–Crippen LogP) is 6.67. The van der Waals surface area contributed by atoms with Crippen LogP contribution in [0.3, 0.4) is 0 Å². The number of aromatic nitrogens is 5. The number of nitrogens with zero attached hydrogens (tertiary/aromatic N) is 4. The number of carbonyl (C=O) groups is 4. The van der Waals surface area contributed by atoms with Crippen molar-refractivity contribution < 1.29 is 33.4 Å². The number of alkyl carbamates (subject to hydrolysis) is 2. The molecule has 16 nitrogen and oxygen atoms in total. The summed E-state index contributed by atoms with van der Waals surface area (Å²) in [5, 5.41) is 6.09. The molecular weight excluding hydrogens is 791 g/mol. The molecule has 5 heterocycles. The summed E-state index contributed by atoms with van der Waals surface area (Å²) < 4.78 is 15.8. The Morgan fingerprint density at radius 1 is 0.758 bits per heavy atom. The summed E-state index contributed by atoms with van der Waals surface area (Å²) in [6.45, 7) is 2.80. The number of H-pyrrole nitrogens is 3. The maximum atomic E-state index is 14.1. The maximum Gasteiger partial charge on any atom is 0.407 e. The normalized spacial score (nSPS) is 17.7. The van der Waals surface area contributed by atoms with E-state index in [4.69, 9.17) is 19.2 Å². The molecule has 0 saturated carbocycles. The van der Waals surface area contributed by atoms with E-state index in [0.29, 0.717) is 24.7 Å². The average Bonchev–Trinajstić information content (AvgIpc) is 4.17. The highest BCUT2D eigenvalue weighted by atomic mass is 16.6. The van der Waals surface area contributed by atoms with Crippen LogP contribution >= 0.6 is 0 Å². The molecule has 0 aliphatic carbocycles. The number of fused-ring (bicyclic) bond motifs is 1. The van der Waals surface area contributed by atoms with Crippen molar-refractivity contribution in [3.8, 4) is 33.6 Å². The monoisotopic (exact) mass is 841 g/mol. The number of carbonyl (C=O) groups excluding carboxylic acids is 4. The summed E-state index contributed by atoms with van der Waals surface area (Å²) in [6, 6.07) is 22.8. The molecule has 0 spiro atoms. The van der Waals surface area contributed by atoms with Crippen LogP contribution in [0.1, 0.15) is 61.9 Å². The first kappa shape index (κ1) is 41.8. The molecule has 2 saturated heterocycles. The molecule has 16 heteroatoms. The Kier molecular flexibility index (Phi) is 12.4. The number of ether oxygens (including phenoxy) is 3. The van der Waals surface area contributed by atoms with Crippen molar-refractivity contribution in [3.63, 3.8) is 0 Å². The van der Waals surface area contributed by atoms with Gasteiger partial charge >= 0.3 is 12.2 Å². The number of hydrogen-bond donors (Lipinski definition) is 5. The molecule has 2 fully saturated rings. The number of aromatic amines is 3. The molecule has 6 aromatic rings. The molecule has 0 unspecified atom stereocenters. The van der Waals surface area contributed by atoms with Gasteiger partial charge in [-0.15, -0.1) is 0 Å². The Morgan fingerprint density at radius 3 is 1.85 bits per heavy atom. The molecule has 3 aromatic heterocycles. The lowest BCUT2D eigenvalue weighted by Gasteiger charge is -2.30. The second kappa shape index (κ2) is 18.4. The van der Waals surface area contributed by atoms with E-state index >= 15 is 0 Å². The number of rotatable bonds is 13. The molecule has 322 valence electrons. The fourth-order valence-corrected chi connectivity index (χ4v) is 8.55. The smallest absolute Gasteiger partial charge is 0.407 e. The third kappa shape index (κ3) is 8.63. The third-order valence-corrected chi connectivity index (χ3v) is 12.0. The summed E-state index contributed by atoms with van der Waals surface area (Å²) in [5.41, 5.74) is 7.49. The minimum atomic E-state index is -1.01. The molecule has 5 atom stereocenters. The molecule has 5 N–H and O–H groups in total. The van der Waals surface area contributed by atoms with Crippen LogP contribution < -0.4 is 10.6 Å². The van der Waals surface area contributed by atoms with Crippen LogP contribution in [-0.4, -0.2) is 111 Å². The lowest BCUT2D eigenvalue weighted by atomic mass is 10.0. The molecule has 2 aliphatic heterocycles. The number of amides is 4. The van der Waals surface area contributed by atoms with Crippen LogP contribution in [-0.2, 0) is 30.2 Å². The maximum absolute atomic E-state index is 14.1. The molecule has 3 aromatic carbocycles. The van der Waals surface area contributed by atoms with Gasteiger partial charge in [-0.25, -0.2) is 19.6 Å². The van der Waals surface area contributed by atoms with E-state index < -0.39 is 30.4 Å². The minimum absolute atomic E-state index is 0.237. The Hall–Kier alpha value is -6.94. The Bertz CT molecular complexity index is 2530. The number of benzene rings is 3. The summed E-state index contributed by atoms with van der Waals surface area (Å²) in [7, 11) is 4.23. The largest absolute Gasteiger partial charge is 0.453 e. The van der Waals surface area contributed by atoms with Gasteiger partial charge in [0.1, 0.15) is 17.7 Å². The number of methoxy groups -OCH3 is 2. The summed E-state index contributed by atoms with van der Waals surface area (Å²) in [4.78, 5) is 75.2. The van der Waals surface area contributed by atoms with Gasteiger partial charge in [0.2, 0.25) is 5.91 Å². The van der Waals surface area contributed by atoms with E-state index in [2.05, 4.69) is 54.8 Å². The van der Waals surface area contributed by atoms with Crippen molar-refractivity contribution in [2.45, 2.75) is 69.4 Å². The van der Waals surface area contributed by atoms with Crippen LogP contribution in [0.5, 0.6) is 0 Å². The SMILES string of the molecule is CNC(=O)O[C@@H](Cc1c[nH]c2ccccc12)C(=O)N1CCC[C@H]1c1ncc(-c2ccc(-c3ccc(-c4cnc([C@@H]5CCCN5C(=O)[C@@H](NC(=O)OC)[C@@H](C)OC)[nH]4)cc3)cc2)[nH]1. The average molecular weight is 842 g/mol. The summed E-state index contributed by atoms with van der Waals surface area (Å²) in [6.07, 6.45) is 5.83. The van der Waals surface area contributed by atoms with Crippen LogP contribution in [0.25, 0.3) is 44.5 Å². The van der Waals surface area contributed by atoms with Gasteiger partial charge in [-0.2, -0.15) is 0 Å². The number of nitrogens with one attached hydrogen (secondary N) is 5. The van der Waals surface area contributed by atoms with Crippen molar-refractivity contribution in [2.24, 2.45) is 0 Å². The van der Waals surface area contributed by atoms with Crippen molar-refractivity contribution in [1.29, 1.82) is 0 Å². The zero-order chi connectivity index (χ0) is 43.3. The first-order valence-corrected chi connectivity index (χ1v) is 20.9. The molecule has 8 rings (SSSR count). The third-order valence-electron chi connectivity index (χ3n) is 12.0. The van der Waals surface area contributed by atoms with Crippen molar-refractivity contribution in [3.05, 3.63) is 109 Å². The van der Waals surface area contributed by atoms with Crippen molar-refractivity contribution in [2.75, 3.05) is 34.4 Å². The van der Waals surface area contributed by atoms with Gasteiger partial charge in [-0.3, -0.25) is 9.59 Å². The van der Waals surface area contributed by atoms with Crippen LogP contribution in [0.2, 0.25) is 0 Å². The van der Waals surface area contributed by atoms with E-state index in [1.165, 1.54) is 21.3 Å². The second-order valence-electron chi connectivity index (χ2n) is 15.7. The van der Waals surface area contributed by atoms with Crippen LogP contribution in [0.4, 0.5) is 9.59 Å². The Balaban J connectivity index is 0.921. The number of para-hydroxylation sites is 1. The molecule has 4 amide bonds. The molecule has 0 radical (unpaired) electrons. The highest BCUT2D eigenvalue weighted by molar-refractivity contribution is 5.88. The Morgan fingerprint density at radius 2 is 1.31 bits per heavy atom. The van der Waals surface area contributed by atoms with Gasteiger partial charge in [0.25, 0.3) is 5.91 Å². The lowest BCUT2D eigenvalue weighted by molar-refractivity contribution is -0.141. The molecular formula is C46H51N9O7. The quantitative estimate of drug-likeness (QED) is 0.0843. The predicted molar refractivity (Wildman–Crippen MR) is 232 cm³/mol. The molecule has 2 aliphatic rings. The molecule has 0 bridgehead atoms.